The van der Waals surface area contributed by atoms with E-state index in [9.17, 15) is 4.79 Å². The first-order valence-electron chi connectivity index (χ1n) is 7.65. The Morgan fingerprint density at radius 2 is 2.00 bits per heavy atom. The van der Waals surface area contributed by atoms with Gasteiger partial charge in [0.1, 0.15) is 5.54 Å². The van der Waals surface area contributed by atoms with Gasteiger partial charge in [-0.3, -0.25) is 10.1 Å². The van der Waals surface area contributed by atoms with Crippen molar-refractivity contribution in [2.75, 3.05) is 26.2 Å². The minimum absolute atomic E-state index is 0.120. The van der Waals surface area contributed by atoms with Gasteiger partial charge in [0.25, 0.3) is 0 Å². The molecule has 1 rings (SSSR count). The van der Waals surface area contributed by atoms with Crippen molar-refractivity contribution in [1.29, 1.82) is 0 Å². The molecule has 0 spiro atoms. The van der Waals surface area contributed by atoms with Crippen LogP contribution in [0, 0.1) is 0 Å². The van der Waals surface area contributed by atoms with E-state index >= 15 is 0 Å². The van der Waals surface area contributed by atoms with E-state index in [1.807, 2.05) is 13.8 Å². The second-order valence-corrected chi connectivity index (χ2v) is 6.00. The molecule has 0 aromatic rings. The molecule has 4 heteroatoms. The van der Waals surface area contributed by atoms with Gasteiger partial charge in [-0.1, -0.05) is 0 Å². The van der Waals surface area contributed by atoms with Crippen LogP contribution in [0.4, 0.5) is 0 Å². The van der Waals surface area contributed by atoms with Crippen LogP contribution in [0.1, 0.15) is 53.4 Å². The fraction of sp³-hybridized carbons (Fsp3) is 0.933. The summed E-state index contributed by atoms with van der Waals surface area (Å²) in [6, 6.07) is 0.279. The van der Waals surface area contributed by atoms with Gasteiger partial charge in [-0.25, -0.2) is 0 Å². The summed E-state index contributed by atoms with van der Waals surface area (Å²) in [5, 5.41) is 3.37. The van der Waals surface area contributed by atoms with Crippen LogP contribution in [-0.4, -0.2) is 48.7 Å². The van der Waals surface area contributed by atoms with E-state index in [4.69, 9.17) is 4.74 Å². The summed E-state index contributed by atoms with van der Waals surface area (Å²) in [5.41, 5.74) is -0.552. The Bertz CT molecular complexity index is 275. The molecule has 112 valence electrons. The molecule has 0 radical (unpaired) electrons. The number of esters is 1. The number of ether oxygens (including phenoxy) is 1. The van der Waals surface area contributed by atoms with Crippen LogP contribution in [-0.2, 0) is 9.53 Å². The zero-order valence-corrected chi connectivity index (χ0v) is 13.0. The SMILES string of the molecule is CCOC(=O)C(C)(CCCN1CCCC1)NC(C)C. The molecule has 0 aromatic heterocycles. The molecule has 1 atom stereocenters. The number of nitrogens with one attached hydrogen (secondary N) is 1. The predicted molar refractivity (Wildman–Crippen MR) is 78.2 cm³/mol. The molecule has 1 N–H and O–H groups in total. The third kappa shape index (κ3) is 5.49. The van der Waals surface area contributed by atoms with E-state index in [1.54, 1.807) is 0 Å². The molecule has 0 bridgehead atoms. The fourth-order valence-corrected chi connectivity index (χ4v) is 2.82. The van der Waals surface area contributed by atoms with Gasteiger partial charge in [0, 0.05) is 6.04 Å². The number of hydrogen-bond donors (Lipinski definition) is 1. The number of carbonyl (C=O) groups is 1. The van der Waals surface area contributed by atoms with Crippen LogP contribution in [0.2, 0.25) is 0 Å². The van der Waals surface area contributed by atoms with Crippen LogP contribution in [0.5, 0.6) is 0 Å². The van der Waals surface area contributed by atoms with Crippen molar-refractivity contribution in [3.8, 4) is 0 Å². The summed E-state index contributed by atoms with van der Waals surface area (Å²) >= 11 is 0. The Hall–Kier alpha value is -0.610. The highest BCUT2D eigenvalue weighted by atomic mass is 16.5. The lowest BCUT2D eigenvalue weighted by molar-refractivity contribution is -0.151. The lowest BCUT2D eigenvalue weighted by Gasteiger charge is -2.31. The van der Waals surface area contributed by atoms with Gasteiger partial charge < -0.3 is 9.64 Å². The van der Waals surface area contributed by atoms with Crippen molar-refractivity contribution in [2.24, 2.45) is 0 Å². The average Bonchev–Trinajstić information content (AvgIpc) is 2.81. The van der Waals surface area contributed by atoms with Crippen molar-refractivity contribution >= 4 is 5.97 Å². The molecule has 0 amide bonds. The first-order chi connectivity index (χ1) is 8.98. The van der Waals surface area contributed by atoms with Crippen molar-refractivity contribution in [1.82, 2.24) is 10.2 Å². The normalized spacial score (nSPS) is 19.6. The quantitative estimate of drug-likeness (QED) is 0.686. The van der Waals surface area contributed by atoms with Crippen molar-refractivity contribution in [3.63, 3.8) is 0 Å². The number of nitrogens with zero attached hydrogens (tertiary/aromatic N) is 1. The molecule has 1 aliphatic rings. The summed E-state index contributed by atoms with van der Waals surface area (Å²) < 4.78 is 5.22. The van der Waals surface area contributed by atoms with Crippen molar-refractivity contribution in [2.45, 2.75) is 65.0 Å². The van der Waals surface area contributed by atoms with Crippen LogP contribution in [0.15, 0.2) is 0 Å². The van der Waals surface area contributed by atoms with Gasteiger partial charge in [0.15, 0.2) is 0 Å². The smallest absolute Gasteiger partial charge is 0.326 e. The Kier molecular flexibility index (Phi) is 6.80. The second kappa shape index (κ2) is 7.85. The van der Waals surface area contributed by atoms with E-state index in [-0.39, 0.29) is 12.0 Å². The van der Waals surface area contributed by atoms with Gasteiger partial charge >= 0.3 is 5.97 Å². The Balaban J connectivity index is 2.45. The number of rotatable bonds is 8. The minimum Gasteiger partial charge on any atom is -0.465 e. The predicted octanol–water partition coefficient (Wildman–Crippen LogP) is 2.18. The molecule has 1 saturated heterocycles. The van der Waals surface area contributed by atoms with Gasteiger partial charge in [0.05, 0.1) is 6.61 Å². The maximum Gasteiger partial charge on any atom is 0.326 e. The molecule has 1 unspecified atom stereocenters. The molecular weight excluding hydrogens is 240 g/mol. The van der Waals surface area contributed by atoms with E-state index in [1.165, 1.54) is 25.9 Å². The Morgan fingerprint density at radius 1 is 1.37 bits per heavy atom. The highest BCUT2D eigenvalue weighted by molar-refractivity contribution is 5.80. The summed E-state index contributed by atoms with van der Waals surface area (Å²) in [4.78, 5) is 14.6. The molecule has 1 fully saturated rings. The van der Waals surface area contributed by atoms with Gasteiger partial charge in [0.2, 0.25) is 0 Å². The summed E-state index contributed by atoms with van der Waals surface area (Å²) in [6.07, 6.45) is 4.51. The maximum absolute atomic E-state index is 12.1. The molecule has 0 aliphatic carbocycles. The third-order valence-corrected chi connectivity index (χ3v) is 3.68. The first-order valence-corrected chi connectivity index (χ1v) is 7.65. The zero-order valence-electron chi connectivity index (χ0n) is 13.0. The summed E-state index contributed by atoms with van der Waals surface area (Å²) in [6.45, 7) is 11.9. The van der Waals surface area contributed by atoms with Gasteiger partial charge in [-0.05, 0) is 73.0 Å². The standard InChI is InChI=1S/C15H30N2O2/c1-5-19-14(18)15(4,16-13(2)3)9-8-12-17-10-6-7-11-17/h13,16H,5-12H2,1-4H3. The van der Waals surface area contributed by atoms with Crippen LogP contribution >= 0.6 is 0 Å². The molecule has 0 saturated carbocycles. The van der Waals surface area contributed by atoms with Crippen LogP contribution in [0.3, 0.4) is 0 Å². The van der Waals surface area contributed by atoms with E-state index in [0.29, 0.717) is 6.61 Å². The third-order valence-electron chi connectivity index (χ3n) is 3.68. The largest absolute Gasteiger partial charge is 0.465 e. The van der Waals surface area contributed by atoms with Crippen LogP contribution < -0.4 is 5.32 Å². The highest BCUT2D eigenvalue weighted by Gasteiger charge is 2.34. The zero-order chi connectivity index (χ0) is 14.3. The monoisotopic (exact) mass is 270 g/mol. The molecule has 1 aliphatic heterocycles. The number of hydrogen-bond acceptors (Lipinski definition) is 4. The highest BCUT2D eigenvalue weighted by Crippen LogP contribution is 2.17. The molecule has 0 aromatic carbocycles. The molecule has 1 heterocycles. The lowest BCUT2D eigenvalue weighted by atomic mass is 9.94. The number of likely N-dealkylation sites (tertiary alicyclic amines) is 1. The molecule has 19 heavy (non-hydrogen) atoms. The fourth-order valence-electron chi connectivity index (χ4n) is 2.82. The van der Waals surface area contributed by atoms with Crippen LogP contribution in [0.25, 0.3) is 0 Å². The average molecular weight is 270 g/mol. The van der Waals surface area contributed by atoms with Crippen molar-refractivity contribution in [3.05, 3.63) is 0 Å². The van der Waals surface area contributed by atoms with Crippen molar-refractivity contribution < 1.29 is 9.53 Å². The Labute approximate surface area is 117 Å². The van der Waals surface area contributed by atoms with E-state index < -0.39 is 5.54 Å². The summed E-state index contributed by atoms with van der Waals surface area (Å²) in [5.74, 6) is -0.120. The maximum atomic E-state index is 12.1. The first kappa shape index (κ1) is 16.4. The topological polar surface area (TPSA) is 41.6 Å². The lowest BCUT2D eigenvalue weighted by Crippen LogP contribution is -2.53. The van der Waals surface area contributed by atoms with Gasteiger partial charge in [-0.2, -0.15) is 0 Å². The Morgan fingerprint density at radius 3 is 2.53 bits per heavy atom. The minimum atomic E-state index is -0.552. The molecule has 4 nitrogen and oxygen atoms in total. The number of carbonyl (C=O) groups excluding carboxylic acids is 1. The van der Waals surface area contributed by atoms with E-state index in [2.05, 4.69) is 24.1 Å². The summed E-state index contributed by atoms with van der Waals surface area (Å²) in [7, 11) is 0. The van der Waals surface area contributed by atoms with Gasteiger partial charge in [-0.15, -0.1) is 0 Å². The van der Waals surface area contributed by atoms with E-state index in [0.717, 1.165) is 19.4 Å². The molecular formula is C15H30N2O2. The second-order valence-electron chi connectivity index (χ2n) is 6.00.